The molecule has 128 valence electrons. The highest BCUT2D eigenvalue weighted by molar-refractivity contribution is 6.42. The Bertz CT molecular complexity index is 911. The van der Waals surface area contributed by atoms with Crippen LogP contribution in [0.5, 0.6) is 0 Å². The molecular formula is C18H14Cl2N2O3. The Hall–Kier alpha value is -2.37. The normalized spacial score (nSPS) is 13.2. The van der Waals surface area contributed by atoms with Crippen molar-refractivity contribution < 1.29 is 14.4 Å². The highest BCUT2D eigenvalue weighted by atomic mass is 35.5. The second kappa shape index (κ2) is 6.50. The number of hydrogen-bond acceptors (Lipinski definition) is 3. The standard InChI is InChI=1S/C18H14Cl2N2O3/c1-21(9-11-4-3-5-14(19)15(11)20)16(23)10-6-7-12-13(8-10)18(25)22(2)17(12)24/h3-8H,9H2,1-2H3. The maximum atomic E-state index is 12.7. The van der Waals surface area contributed by atoms with Crippen LogP contribution in [0.4, 0.5) is 0 Å². The highest BCUT2D eigenvalue weighted by Gasteiger charge is 2.33. The Balaban J connectivity index is 1.85. The lowest BCUT2D eigenvalue weighted by atomic mass is 10.0. The van der Waals surface area contributed by atoms with E-state index in [0.717, 1.165) is 10.5 Å². The molecule has 0 saturated carbocycles. The Morgan fingerprint density at radius 2 is 1.76 bits per heavy atom. The van der Waals surface area contributed by atoms with E-state index in [1.54, 1.807) is 31.3 Å². The molecule has 2 aromatic carbocycles. The van der Waals surface area contributed by atoms with Gasteiger partial charge in [-0.15, -0.1) is 0 Å². The Kier molecular flexibility index (Phi) is 4.54. The number of fused-ring (bicyclic) bond motifs is 1. The molecule has 0 atom stereocenters. The van der Waals surface area contributed by atoms with Crippen LogP contribution >= 0.6 is 23.2 Å². The van der Waals surface area contributed by atoms with Crippen LogP contribution in [0.1, 0.15) is 36.6 Å². The van der Waals surface area contributed by atoms with Crippen LogP contribution in [0.3, 0.4) is 0 Å². The Labute approximate surface area is 154 Å². The molecule has 0 aromatic heterocycles. The Morgan fingerprint density at radius 1 is 1.08 bits per heavy atom. The van der Waals surface area contributed by atoms with Gasteiger partial charge in [-0.25, -0.2) is 0 Å². The number of amides is 3. The number of imide groups is 1. The van der Waals surface area contributed by atoms with Gasteiger partial charge in [0.15, 0.2) is 0 Å². The molecule has 1 aliphatic heterocycles. The van der Waals surface area contributed by atoms with Crippen molar-refractivity contribution >= 4 is 40.9 Å². The van der Waals surface area contributed by atoms with Gasteiger partial charge in [-0.2, -0.15) is 0 Å². The van der Waals surface area contributed by atoms with Crippen LogP contribution in [-0.2, 0) is 6.54 Å². The van der Waals surface area contributed by atoms with E-state index in [4.69, 9.17) is 23.2 Å². The van der Waals surface area contributed by atoms with Crippen LogP contribution in [0, 0.1) is 0 Å². The molecule has 1 heterocycles. The van der Waals surface area contributed by atoms with Crippen molar-refractivity contribution in [2.24, 2.45) is 0 Å². The van der Waals surface area contributed by atoms with Gasteiger partial charge in [0, 0.05) is 26.2 Å². The summed E-state index contributed by atoms with van der Waals surface area (Å²) in [6.07, 6.45) is 0. The van der Waals surface area contributed by atoms with Crippen LogP contribution < -0.4 is 0 Å². The quantitative estimate of drug-likeness (QED) is 0.770. The molecule has 0 spiro atoms. The van der Waals surface area contributed by atoms with Crippen molar-refractivity contribution in [2.75, 3.05) is 14.1 Å². The first-order valence-electron chi connectivity index (χ1n) is 7.46. The maximum absolute atomic E-state index is 12.7. The molecule has 7 heteroatoms. The van der Waals surface area contributed by atoms with Gasteiger partial charge < -0.3 is 4.90 Å². The predicted octanol–water partition coefficient (Wildman–Crippen LogP) is 3.49. The zero-order valence-corrected chi connectivity index (χ0v) is 15.1. The van der Waals surface area contributed by atoms with Crippen molar-refractivity contribution in [3.8, 4) is 0 Å². The monoisotopic (exact) mass is 376 g/mol. The summed E-state index contributed by atoms with van der Waals surface area (Å²) in [7, 11) is 3.05. The molecule has 0 unspecified atom stereocenters. The molecule has 0 N–H and O–H groups in total. The topological polar surface area (TPSA) is 57.7 Å². The van der Waals surface area contributed by atoms with Gasteiger partial charge in [-0.1, -0.05) is 35.3 Å². The molecule has 0 saturated heterocycles. The van der Waals surface area contributed by atoms with Crippen LogP contribution in [0.25, 0.3) is 0 Å². The first kappa shape index (κ1) is 17.5. The summed E-state index contributed by atoms with van der Waals surface area (Å²) < 4.78 is 0. The molecule has 2 aromatic rings. The van der Waals surface area contributed by atoms with E-state index < -0.39 is 5.91 Å². The van der Waals surface area contributed by atoms with E-state index in [2.05, 4.69) is 0 Å². The van der Waals surface area contributed by atoms with Gasteiger partial charge in [0.1, 0.15) is 0 Å². The molecule has 0 fully saturated rings. The molecule has 3 amide bonds. The number of hydrogen-bond donors (Lipinski definition) is 0. The first-order valence-corrected chi connectivity index (χ1v) is 8.21. The third kappa shape index (κ3) is 3.01. The van der Waals surface area contributed by atoms with Gasteiger partial charge in [-0.05, 0) is 29.8 Å². The fourth-order valence-corrected chi connectivity index (χ4v) is 3.09. The van der Waals surface area contributed by atoms with Gasteiger partial charge >= 0.3 is 0 Å². The second-order valence-corrected chi connectivity index (χ2v) is 6.59. The van der Waals surface area contributed by atoms with Gasteiger partial charge in [0.2, 0.25) is 0 Å². The van der Waals surface area contributed by atoms with E-state index in [0.29, 0.717) is 21.2 Å². The van der Waals surface area contributed by atoms with Crippen LogP contribution in [0.15, 0.2) is 36.4 Å². The van der Waals surface area contributed by atoms with E-state index in [9.17, 15) is 14.4 Å². The minimum absolute atomic E-state index is 0.243. The number of halogens is 2. The summed E-state index contributed by atoms with van der Waals surface area (Å²) in [6, 6.07) is 9.73. The molecule has 1 aliphatic rings. The highest BCUT2D eigenvalue weighted by Crippen LogP contribution is 2.27. The molecule has 25 heavy (non-hydrogen) atoms. The molecule has 0 bridgehead atoms. The van der Waals surface area contributed by atoms with Crippen molar-refractivity contribution in [3.63, 3.8) is 0 Å². The van der Waals surface area contributed by atoms with Gasteiger partial charge in [-0.3, -0.25) is 19.3 Å². The second-order valence-electron chi connectivity index (χ2n) is 5.80. The number of rotatable bonds is 3. The van der Waals surface area contributed by atoms with E-state index in [1.807, 2.05) is 0 Å². The average molecular weight is 377 g/mol. The summed E-state index contributed by atoms with van der Waals surface area (Å²) in [6.45, 7) is 0.266. The van der Waals surface area contributed by atoms with Crippen molar-refractivity contribution in [1.29, 1.82) is 0 Å². The lowest BCUT2D eigenvalue weighted by Crippen LogP contribution is -2.26. The van der Waals surface area contributed by atoms with Crippen LogP contribution in [0.2, 0.25) is 10.0 Å². The molecular weight excluding hydrogens is 363 g/mol. The largest absolute Gasteiger partial charge is 0.337 e. The summed E-state index contributed by atoms with van der Waals surface area (Å²) >= 11 is 12.2. The first-order chi connectivity index (χ1) is 11.8. The summed E-state index contributed by atoms with van der Waals surface area (Å²) in [5.74, 6) is -1.05. The number of carbonyl (C=O) groups is 3. The zero-order valence-electron chi connectivity index (χ0n) is 13.5. The fourth-order valence-electron chi connectivity index (χ4n) is 2.71. The summed E-state index contributed by atoms with van der Waals surface area (Å²) in [4.78, 5) is 39.2. The van der Waals surface area contributed by atoms with Gasteiger partial charge in [0.05, 0.1) is 21.2 Å². The smallest absolute Gasteiger partial charge is 0.261 e. The SMILES string of the molecule is CN(Cc1cccc(Cl)c1Cl)C(=O)c1ccc2c(c1)C(=O)N(C)C2=O. The van der Waals surface area contributed by atoms with E-state index in [-0.39, 0.29) is 23.9 Å². The molecule has 3 rings (SSSR count). The van der Waals surface area contributed by atoms with Crippen molar-refractivity contribution in [2.45, 2.75) is 6.54 Å². The molecule has 5 nitrogen and oxygen atoms in total. The van der Waals surface area contributed by atoms with Crippen LogP contribution in [-0.4, -0.2) is 41.6 Å². The van der Waals surface area contributed by atoms with E-state index in [1.165, 1.54) is 24.1 Å². The maximum Gasteiger partial charge on any atom is 0.261 e. The minimum atomic E-state index is -0.407. The Morgan fingerprint density at radius 3 is 2.48 bits per heavy atom. The lowest BCUT2D eigenvalue weighted by Gasteiger charge is -2.18. The predicted molar refractivity (Wildman–Crippen MR) is 95.1 cm³/mol. The average Bonchev–Trinajstić information content (AvgIpc) is 2.82. The van der Waals surface area contributed by atoms with Crippen molar-refractivity contribution in [3.05, 3.63) is 68.7 Å². The number of benzene rings is 2. The summed E-state index contributed by atoms with van der Waals surface area (Å²) in [5, 5.41) is 0.824. The molecule has 0 aliphatic carbocycles. The lowest BCUT2D eigenvalue weighted by molar-refractivity contribution is 0.0692. The fraction of sp³-hybridized carbons (Fsp3) is 0.167. The minimum Gasteiger partial charge on any atom is -0.337 e. The van der Waals surface area contributed by atoms with E-state index >= 15 is 0 Å². The van der Waals surface area contributed by atoms with Crippen molar-refractivity contribution in [1.82, 2.24) is 9.80 Å². The summed E-state index contributed by atoms with van der Waals surface area (Å²) in [5.41, 5.74) is 1.60. The van der Waals surface area contributed by atoms with Gasteiger partial charge in [0.25, 0.3) is 17.7 Å². The number of nitrogens with zero attached hydrogens (tertiary/aromatic N) is 2. The third-order valence-corrected chi connectivity index (χ3v) is 4.98. The zero-order chi connectivity index (χ0) is 18.3. The third-order valence-electron chi connectivity index (χ3n) is 4.12. The number of carbonyl (C=O) groups excluding carboxylic acids is 3. The molecule has 0 radical (unpaired) electrons.